The SMILES string of the molecule is [Na+].[O-]OC#CC(F)(F)I. The van der Waals surface area contributed by atoms with Crippen LogP contribution in [0.2, 0.25) is 0 Å². The Morgan fingerprint density at radius 3 is 2.11 bits per heavy atom. The molecule has 0 aliphatic heterocycles. The molecular formula is C3F2INaO2. The van der Waals surface area contributed by atoms with Crippen LogP contribution in [0.5, 0.6) is 0 Å². The van der Waals surface area contributed by atoms with Crippen molar-refractivity contribution in [2.24, 2.45) is 0 Å². The molecule has 0 saturated heterocycles. The van der Waals surface area contributed by atoms with Crippen LogP contribution in [0.15, 0.2) is 0 Å². The van der Waals surface area contributed by atoms with Crippen molar-refractivity contribution in [3.63, 3.8) is 0 Å². The first-order valence-corrected chi connectivity index (χ1v) is 2.52. The van der Waals surface area contributed by atoms with Gasteiger partial charge in [-0.2, -0.15) is 8.78 Å². The summed E-state index contributed by atoms with van der Waals surface area (Å²) in [5.74, 6) is 1.24. The maximum Gasteiger partial charge on any atom is 1.00 e. The van der Waals surface area contributed by atoms with Crippen LogP contribution in [0, 0.1) is 12.0 Å². The first-order chi connectivity index (χ1) is 3.56. The van der Waals surface area contributed by atoms with Crippen LogP contribution in [-0.4, -0.2) is 3.93 Å². The van der Waals surface area contributed by atoms with Gasteiger partial charge in [-0.15, -0.1) is 0 Å². The van der Waals surface area contributed by atoms with Crippen molar-refractivity contribution in [1.82, 2.24) is 0 Å². The molecule has 0 bridgehead atoms. The fourth-order valence-electron chi connectivity index (χ4n) is 0.0787. The Hall–Kier alpha value is 0.910. The smallest absolute Gasteiger partial charge is 0.653 e. The third-order valence-corrected chi connectivity index (χ3v) is 0.504. The molecule has 0 fully saturated rings. The molecule has 9 heavy (non-hydrogen) atoms. The molecule has 0 N–H and O–H groups in total. The molecule has 0 aliphatic rings. The molecule has 0 atom stereocenters. The molecule has 0 amide bonds. The molecular weight excluding hydrogens is 256 g/mol. The summed E-state index contributed by atoms with van der Waals surface area (Å²) in [6.07, 6.45) is 1.23. The predicted octanol–water partition coefficient (Wildman–Crippen LogP) is -2.73. The van der Waals surface area contributed by atoms with Crippen molar-refractivity contribution in [3.05, 3.63) is 0 Å². The summed E-state index contributed by atoms with van der Waals surface area (Å²) in [6.45, 7) is 0. The minimum Gasteiger partial charge on any atom is -0.653 e. The van der Waals surface area contributed by atoms with Gasteiger partial charge in [0, 0.05) is 28.5 Å². The zero-order chi connectivity index (χ0) is 6.62. The zero-order valence-corrected chi connectivity index (χ0v) is 8.61. The second-order valence-corrected chi connectivity index (χ2v) is 2.16. The van der Waals surface area contributed by atoms with E-state index in [1.165, 1.54) is 12.0 Å². The number of alkyl halides is 3. The fourth-order valence-corrected chi connectivity index (χ4v) is 0.189. The quantitative estimate of drug-likeness (QED) is 0.118. The molecule has 0 radical (unpaired) electrons. The average Bonchev–Trinajstić information content (AvgIpc) is 1.59. The monoisotopic (exact) mass is 256 g/mol. The summed E-state index contributed by atoms with van der Waals surface area (Å²) in [6, 6.07) is 0. The van der Waals surface area contributed by atoms with Crippen LogP contribution in [0.4, 0.5) is 8.78 Å². The van der Waals surface area contributed by atoms with E-state index >= 15 is 0 Å². The maximum absolute atomic E-state index is 11.5. The summed E-state index contributed by atoms with van der Waals surface area (Å²) < 4.78 is 19.8. The Balaban J connectivity index is 0. The topological polar surface area (TPSA) is 32.3 Å². The first kappa shape index (κ1) is 12.6. The summed E-state index contributed by atoms with van der Waals surface area (Å²) in [5, 5.41) is 8.97. The molecule has 46 valence electrons. The van der Waals surface area contributed by atoms with Crippen molar-refractivity contribution in [3.8, 4) is 12.0 Å². The summed E-state index contributed by atoms with van der Waals surface area (Å²) in [5.41, 5.74) is 0. The van der Waals surface area contributed by atoms with Crippen LogP contribution >= 0.6 is 22.6 Å². The molecule has 0 spiro atoms. The minimum absolute atomic E-state index is 0. The van der Waals surface area contributed by atoms with E-state index in [1.54, 1.807) is 0 Å². The van der Waals surface area contributed by atoms with E-state index in [9.17, 15) is 8.78 Å². The van der Waals surface area contributed by atoms with Gasteiger partial charge in [-0.05, 0) is 0 Å². The van der Waals surface area contributed by atoms with E-state index in [0.717, 1.165) is 22.6 Å². The molecule has 0 unspecified atom stereocenters. The van der Waals surface area contributed by atoms with Gasteiger partial charge in [0.2, 0.25) is 0 Å². The van der Waals surface area contributed by atoms with Gasteiger partial charge in [0.15, 0.2) is 0 Å². The molecule has 0 aromatic rings. The standard InChI is InChI=1S/C3HF2IO2.Na/c4-3(5,6)1-2-8-7;/h7H;/q;+1/p-1. The van der Waals surface area contributed by atoms with E-state index in [0.29, 0.717) is 0 Å². The third-order valence-electron chi connectivity index (χ3n) is 0.234. The summed E-state index contributed by atoms with van der Waals surface area (Å²) in [7, 11) is 0. The Morgan fingerprint density at radius 1 is 1.56 bits per heavy atom. The van der Waals surface area contributed by atoms with Gasteiger partial charge in [-0.1, -0.05) is 0 Å². The molecule has 6 heteroatoms. The average molecular weight is 256 g/mol. The Bertz CT molecular complexity index is 124. The maximum atomic E-state index is 11.5. The van der Waals surface area contributed by atoms with Crippen LogP contribution in [0.3, 0.4) is 0 Å². The third kappa shape index (κ3) is 12.2. The van der Waals surface area contributed by atoms with Gasteiger partial charge in [-0.25, -0.2) is 0 Å². The van der Waals surface area contributed by atoms with Crippen molar-refractivity contribution < 1.29 is 48.5 Å². The first-order valence-electron chi connectivity index (χ1n) is 1.44. The van der Waals surface area contributed by atoms with Crippen molar-refractivity contribution in [1.29, 1.82) is 0 Å². The van der Waals surface area contributed by atoms with E-state index in [2.05, 4.69) is 4.89 Å². The van der Waals surface area contributed by atoms with Crippen molar-refractivity contribution in [2.45, 2.75) is 3.93 Å². The Labute approximate surface area is 86.3 Å². The fraction of sp³-hybridized carbons (Fsp3) is 0.333. The number of halogens is 3. The van der Waals surface area contributed by atoms with Crippen molar-refractivity contribution >= 4 is 22.6 Å². The van der Waals surface area contributed by atoms with E-state index < -0.39 is 3.93 Å². The molecule has 0 heterocycles. The van der Waals surface area contributed by atoms with Gasteiger partial charge in [0.1, 0.15) is 6.11 Å². The second-order valence-electron chi connectivity index (χ2n) is 0.808. The van der Waals surface area contributed by atoms with Crippen LogP contribution in [-0.2, 0) is 4.89 Å². The van der Waals surface area contributed by atoms with E-state index in [-0.39, 0.29) is 29.6 Å². The molecule has 0 aliphatic carbocycles. The number of rotatable bonds is 0. The normalized spacial score (nSPS) is 8.44. The largest absolute Gasteiger partial charge is 1.00 e. The molecule has 0 aromatic heterocycles. The van der Waals surface area contributed by atoms with E-state index in [1.807, 2.05) is 0 Å². The van der Waals surface area contributed by atoms with Crippen molar-refractivity contribution in [2.75, 3.05) is 0 Å². The minimum atomic E-state index is -3.16. The summed E-state index contributed by atoms with van der Waals surface area (Å²) >= 11 is 0.774. The van der Waals surface area contributed by atoms with E-state index in [4.69, 9.17) is 5.26 Å². The number of hydrogen-bond donors (Lipinski definition) is 0. The van der Waals surface area contributed by atoms with Gasteiger partial charge < -0.3 is 10.1 Å². The molecule has 0 saturated carbocycles. The van der Waals surface area contributed by atoms with Crippen LogP contribution in [0.1, 0.15) is 0 Å². The predicted molar refractivity (Wildman–Crippen MR) is 27.8 cm³/mol. The van der Waals surface area contributed by atoms with Crippen LogP contribution in [0.25, 0.3) is 0 Å². The van der Waals surface area contributed by atoms with Gasteiger partial charge >= 0.3 is 33.5 Å². The van der Waals surface area contributed by atoms with Gasteiger partial charge in [-0.3, -0.25) is 0 Å². The molecule has 0 rings (SSSR count). The van der Waals surface area contributed by atoms with Gasteiger partial charge in [0.25, 0.3) is 0 Å². The molecule has 2 nitrogen and oxygen atoms in total. The number of hydrogen-bond acceptors (Lipinski definition) is 2. The summed E-state index contributed by atoms with van der Waals surface area (Å²) in [4.78, 5) is 2.82. The Morgan fingerprint density at radius 2 is 2.00 bits per heavy atom. The second kappa shape index (κ2) is 5.68. The van der Waals surface area contributed by atoms with Crippen LogP contribution < -0.4 is 34.8 Å². The molecule has 0 aromatic carbocycles. The van der Waals surface area contributed by atoms with Gasteiger partial charge in [0.05, 0.1) is 0 Å². The Kier molecular flexibility index (Phi) is 7.93. The zero-order valence-electron chi connectivity index (χ0n) is 4.45.